The Morgan fingerprint density at radius 1 is 1.42 bits per heavy atom. The van der Waals surface area contributed by atoms with E-state index in [9.17, 15) is 9.50 Å². The van der Waals surface area contributed by atoms with Gasteiger partial charge in [-0.15, -0.1) is 0 Å². The fourth-order valence-electron chi connectivity index (χ4n) is 1.82. The number of aliphatic hydroxyl groups excluding tert-OH is 1. The van der Waals surface area contributed by atoms with Gasteiger partial charge in [0.2, 0.25) is 6.41 Å². The Labute approximate surface area is 154 Å². The molecule has 8 nitrogen and oxygen atoms in total. The molecule has 0 aliphatic carbocycles. The summed E-state index contributed by atoms with van der Waals surface area (Å²) in [4.78, 5) is 10.4. The summed E-state index contributed by atoms with van der Waals surface area (Å²) in [6.45, 7) is 6.91. The molecule has 0 heterocycles. The van der Waals surface area contributed by atoms with Crippen molar-refractivity contribution in [3.05, 3.63) is 23.6 Å². The van der Waals surface area contributed by atoms with Crippen molar-refractivity contribution in [1.82, 2.24) is 10.2 Å². The van der Waals surface area contributed by atoms with Crippen LogP contribution >= 0.6 is 0 Å². The predicted molar refractivity (Wildman–Crippen MR) is 102 cm³/mol. The average Bonchev–Trinajstić information content (AvgIpc) is 2.62. The summed E-state index contributed by atoms with van der Waals surface area (Å²) in [5, 5.41) is 23.3. The highest BCUT2D eigenvalue weighted by atomic mass is 19.1. The lowest BCUT2D eigenvalue weighted by atomic mass is 10.1. The highest BCUT2D eigenvalue weighted by molar-refractivity contribution is 6.10. The van der Waals surface area contributed by atoms with Crippen LogP contribution in [0.1, 0.15) is 27.7 Å². The third-order valence-corrected chi connectivity index (χ3v) is 3.41. The molecule has 0 aromatic carbocycles. The van der Waals surface area contributed by atoms with Crippen molar-refractivity contribution in [2.45, 2.75) is 46.3 Å². The van der Waals surface area contributed by atoms with Crippen molar-refractivity contribution in [1.29, 1.82) is 5.41 Å². The quantitative estimate of drug-likeness (QED) is 0.160. The number of ether oxygens (including phenoxy) is 1. The van der Waals surface area contributed by atoms with Crippen molar-refractivity contribution in [2.24, 2.45) is 10.1 Å². The summed E-state index contributed by atoms with van der Waals surface area (Å²) in [7, 11) is 2.91. The zero-order valence-electron chi connectivity index (χ0n) is 16.2. The van der Waals surface area contributed by atoms with Crippen LogP contribution in [-0.4, -0.2) is 67.6 Å². The zero-order chi connectivity index (χ0) is 20.1. The highest BCUT2D eigenvalue weighted by Crippen LogP contribution is 2.07. The van der Waals surface area contributed by atoms with Crippen molar-refractivity contribution in [3.8, 4) is 0 Å². The first-order valence-electron chi connectivity index (χ1n) is 8.15. The van der Waals surface area contributed by atoms with Crippen molar-refractivity contribution in [3.63, 3.8) is 0 Å². The minimum Gasteiger partial charge on any atom is -0.385 e. The molecule has 0 aliphatic rings. The Morgan fingerprint density at radius 3 is 2.62 bits per heavy atom. The van der Waals surface area contributed by atoms with Gasteiger partial charge in [-0.2, -0.15) is 0 Å². The van der Waals surface area contributed by atoms with Crippen LogP contribution in [0.25, 0.3) is 0 Å². The van der Waals surface area contributed by atoms with Gasteiger partial charge in [-0.05, 0) is 40.3 Å². The van der Waals surface area contributed by atoms with Crippen LogP contribution in [0.5, 0.6) is 0 Å². The van der Waals surface area contributed by atoms with E-state index >= 15 is 0 Å². The largest absolute Gasteiger partial charge is 0.385 e. The van der Waals surface area contributed by atoms with E-state index < -0.39 is 18.6 Å². The maximum absolute atomic E-state index is 14.3. The van der Waals surface area contributed by atoms with Crippen LogP contribution in [0.2, 0.25) is 0 Å². The molecule has 9 heteroatoms. The van der Waals surface area contributed by atoms with Gasteiger partial charge in [-0.25, -0.2) is 9.38 Å². The molecule has 0 amide bonds. The Balaban J connectivity index is 4.93. The second-order valence-corrected chi connectivity index (χ2v) is 5.65. The molecule has 0 saturated carbocycles. The Kier molecular flexibility index (Phi) is 12.1. The van der Waals surface area contributed by atoms with Gasteiger partial charge in [0.15, 0.2) is 0 Å². The molecule has 0 aliphatic heterocycles. The molecule has 0 saturated heterocycles. The average molecular weight is 371 g/mol. The number of nitrogens with one attached hydrogen (secondary N) is 2. The Morgan fingerprint density at radius 2 is 2.08 bits per heavy atom. The summed E-state index contributed by atoms with van der Waals surface area (Å²) in [6, 6.07) is -0.510. The zero-order valence-corrected chi connectivity index (χ0v) is 16.2. The first-order valence-corrected chi connectivity index (χ1v) is 8.15. The van der Waals surface area contributed by atoms with Crippen LogP contribution in [-0.2, 0) is 9.57 Å². The number of aliphatic imine (C=N–C) groups is 1. The minimum absolute atomic E-state index is 0.000617. The van der Waals surface area contributed by atoms with Crippen molar-refractivity contribution in [2.75, 3.05) is 20.7 Å². The number of aliphatic hydroxyl groups is 1. The SMILES string of the molecule is C/C=N/O/C(C)=C/C(=N/C=N)C(/C)=C/N[C@@H](C)[C@H](F)CN(C)C(O)OC. The molecule has 0 radical (unpaired) electrons. The van der Waals surface area contributed by atoms with Crippen molar-refractivity contribution >= 4 is 18.3 Å². The normalized spacial score (nSPS) is 17.3. The van der Waals surface area contributed by atoms with E-state index in [1.807, 2.05) is 0 Å². The molecule has 1 unspecified atom stereocenters. The second-order valence-electron chi connectivity index (χ2n) is 5.65. The highest BCUT2D eigenvalue weighted by Gasteiger charge is 2.20. The number of rotatable bonds is 12. The lowest BCUT2D eigenvalue weighted by Gasteiger charge is -2.26. The molecule has 0 aromatic rings. The third kappa shape index (κ3) is 9.40. The first kappa shape index (κ1) is 23.9. The minimum atomic E-state index is -1.24. The number of hydrogen-bond acceptors (Lipinski definition) is 7. The van der Waals surface area contributed by atoms with E-state index in [1.165, 1.54) is 18.2 Å². The molecule has 0 rings (SSSR count). The van der Waals surface area contributed by atoms with Crippen molar-refractivity contribution < 1.29 is 19.1 Å². The molecule has 0 bridgehead atoms. The van der Waals surface area contributed by atoms with E-state index in [4.69, 9.17) is 15.0 Å². The maximum Gasteiger partial charge on any atom is 0.215 e. The van der Waals surface area contributed by atoms with Gasteiger partial charge in [-0.3, -0.25) is 10.3 Å². The summed E-state index contributed by atoms with van der Waals surface area (Å²) < 4.78 is 19.0. The molecule has 26 heavy (non-hydrogen) atoms. The van der Waals surface area contributed by atoms with Gasteiger partial charge >= 0.3 is 0 Å². The summed E-state index contributed by atoms with van der Waals surface area (Å²) in [5.74, 6) is 0.503. The van der Waals surface area contributed by atoms with Gasteiger partial charge in [0, 0.05) is 32.1 Å². The summed E-state index contributed by atoms with van der Waals surface area (Å²) in [6.07, 6.45) is 3.29. The van der Waals surface area contributed by atoms with Crippen LogP contribution in [0.4, 0.5) is 4.39 Å². The number of methoxy groups -OCH3 is 1. The van der Waals surface area contributed by atoms with Crippen LogP contribution in [0, 0.1) is 5.41 Å². The van der Waals surface area contributed by atoms with Gasteiger partial charge in [-0.1, -0.05) is 5.16 Å². The number of nitrogens with zero attached hydrogens (tertiary/aromatic N) is 3. The van der Waals surface area contributed by atoms with Gasteiger partial charge < -0.3 is 20.0 Å². The molecule has 0 fully saturated rings. The molecular formula is C17H30FN5O3. The second kappa shape index (κ2) is 13.2. The van der Waals surface area contributed by atoms with Gasteiger partial charge in [0.1, 0.15) is 18.3 Å². The molecule has 0 spiro atoms. The number of alkyl halides is 1. The standard InChI is InChI=1S/C17H30FN5O3/c1-7-22-26-13(3)8-16(21-11-19)12(2)9-20-14(4)15(18)10-23(5)17(24)25-6/h7-9,11,14-15,17,19-20,24H,10H2,1-6H3/b12-9+,13-8+,19-11?,21-16-,22-7+/t14-,15+,17?/m0/s1. The lowest BCUT2D eigenvalue weighted by Crippen LogP contribution is -2.43. The predicted octanol–water partition coefficient (Wildman–Crippen LogP) is 2.03. The smallest absolute Gasteiger partial charge is 0.215 e. The topological polar surface area (TPSA) is 103 Å². The molecule has 148 valence electrons. The molecule has 0 aromatic heterocycles. The number of halogens is 1. The van der Waals surface area contributed by atoms with E-state index in [0.717, 1.165) is 6.34 Å². The van der Waals surface area contributed by atoms with E-state index in [0.29, 0.717) is 17.0 Å². The van der Waals surface area contributed by atoms with E-state index in [2.05, 4.69) is 15.5 Å². The van der Waals surface area contributed by atoms with E-state index in [1.54, 1.807) is 47.0 Å². The monoisotopic (exact) mass is 371 g/mol. The lowest BCUT2D eigenvalue weighted by molar-refractivity contribution is -0.172. The van der Waals surface area contributed by atoms with E-state index in [-0.39, 0.29) is 6.54 Å². The Bertz CT molecular complexity index is 549. The maximum atomic E-state index is 14.3. The molecule has 3 N–H and O–H groups in total. The fraction of sp³-hybridized carbons (Fsp3) is 0.588. The Hall–Kier alpha value is -2.10. The summed E-state index contributed by atoms with van der Waals surface area (Å²) >= 11 is 0. The fourth-order valence-corrected chi connectivity index (χ4v) is 1.82. The van der Waals surface area contributed by atoms with Gasteiger partial charge in [0.05, 0.1) is 11.8 Å². The number of hydrogen-bond donors (Lipinski definition) is 3. The molecule has 3 atom stereocenters. The van der Waals surface area contributed by atoms with Crippen LogP contribution < -0.4 is 5.32 Å². The first-order chi connectivity index (χ1) is 12.3. The molecular weight excluding hydrogens is 341 g/mol. The summed E-state index contributed by atoms with van der Waals surface area (Å²) in [5.41, 5.74) is 1.19. The number of allylic oxidation sites excluding steroid dienone is 3. The van der Waals surface area contributed by atoms with Crippen LogP contribution in [0.3, 0.4) is 0 Å². The van der Waals surface area contributed by atoms with Crippen LogP contribution in [0.15, 0.2) is 33.8 Å². The third-order valence-electron chi connectivity index (χ3n) is 3.41. The van der Waals surface area contributed by atoms with Gasteiger partial charge in [0.25, 0.3) is 0 Å². The number of oxime groups is 1.